The number of benzene rings is 1. The molecule has 1 aromatic rings. The van der Waals surface area contributed by atoms with E-state index in [-0.39, 0.29) is 23.8 Å². The zero-order valence-corrected chi connectivity index (χ0v) is 15.1. The molecule has 7 nitrogen and oxygen atoms in total. The van der Waals surface area contributed by atoms with Gasteiger partial charge in [-0.15, -0.1) is 0 Å². The molecule has 0 aromatic heterocycles. The topological polar surface area (TPSA) is 98.7 Å². The van der Waals surface area contributed by atoms with E-state index >= 15 is 0 Å². The van der Waals surface area contributed by atoms with E-state index in [9.17, 15) is 19.5 Å². The van der Waals surface area contributed by atoms with Crippen molar-refractivity contribution in [1.29, 1.82) is 0 Å². The third-order valence-corrected chi connectivity index (χ3v) is 6.80. The van der Waals surface area contributed by atoms with E-state index in [1.54, 1.807) is 13.0 Å². The predicted octanol–water partition coefficient (Wildman–Crippen LogP) is 0.730. The highest BCUT2D eigenvalue weighted by Gasteiger charge is 2.71. The van der Waals surface area contributed by atoms with E-state index in [2.05, 4.69) is 10.6 Å². The fourth-order valence-corrected chi connectivity index (χ4v) is 5.65. The average Bonchev–Trinajstić information content (AvgIpc) is 3.37. The Labute approximate surface area is 157 Å². The largest absolute Gasteiger partial charge is 0.392 e. The number of para-hydroxylation sites is 1. The number of hydrogen-bond acceptors (Lipinski definition) is 5. The molecule has 5 rings (SSSR count). The number of carbonyl (C=O) groups excluding carboxylic acids is 3. The molecule has 2 saturated heterocycles. The van der Waals surface area contributed by atoms with Crippen LogP contribution in [0.5, 0.6) is 0 Å². The standard InChI is InChI=1S/C20H23N3O4/c1-10(24)16-14-15(18(26)23(17(14)25)11-6-2-3-7-11)20(22-16)12-8-4-5-9-13(12)21-19(20)27/h4-5,8-11,14-16,22,24H,2-3,6-7H2,1H3,(H,21,27)/t10-,14-,15+,16-,20+/m1/s1. The molecule has 0 unspecified atom stereocenters. The Morgan fingerprint density at radius 1 is 1.15 bits per heavy atom. The molecule has 0 bridgehead atoms. The number of likely N-dealkylation sites (tertiary alicyclic amines) is 1. The molecule has 1 aliphatic carbocycles. The van der Waals surface area contributed by atoms with Gasteiger partial charge >= 0.3 is 0 Å². The predicted molar refractivity (Wildman–Crippen MR) is 96.4 cm³/mol. The van der Waals surface area contributed by atoms with Crippen LogP contribution >= 0.6 is 0 Å². The summed E-state index contributed by atoms with van der Waals surface area (Å²) in [6, 6.07) is 6.53. The van der Waals surface area contributed by atoms with Gasteiger partial charge in [-0.3, -0.25) is 24.6 Å². The Morgan fingerprint density at radius 3 is 2.56 bits per heavy atom. The molecule has 27 heavy (non-hydrogen) atoms. The fraction of sp³-hybridized carbons (Fsp3) is 0.550. The van der Waals surface area contributed by atoms with E-state index in [1.165, 1.54) is 4.90 Å². The lowest BCUT2D eigenvalue weighted by molar-refractivity contribution is -0.145. The van der Waals surface area contributed by atoms with Crippen LogP contribution in [0.4, 0.5) is 5.69 Å². The van der Waals surface area contributed by atoms with Crippen LogP contribution in [-0.4, -0.2) is 45.9 Å². The molecule has 1 spiro atoms. The average molecular weight is 369 g/mol. The number of nitrogens with one attached hydrogen (secondary N) is 2. The SMILES string of the molecule is C[C@@H](O)[C@H]1N[C@]2(C(=O)Nc3ccccc32)[C@@H]2C(=O)N(C3CCCC3)C(=O)[C@@H]12. The van der Waals surface area contributed by atoms with Crippen LogP contribution in [-0.2, 0) is 19.9 Å². The van der Waals surface area contributed by atoms with Gasteiger partial charge in [0.05, 0.1) is 17.9 Å². The summed E-state index contributed by atoms with van der Waals surface area (Å²) in [7, 11) is 0. The van der Waals surface area contributed by atoms with Crippen LogP contribution in [0.15, 0.2) is 24.3 Å². The van der Waals surface area contributed by atoms with E-state index in [0.717, 1.165) is 25.7 Å². The van der Waals surface area contributed by atoms with Crippen molar-refractivity contribution < 1.29 is 19.5 Å². The van der Waals surface area contributed by atoms with Gasteiger partial charge in [0, 0.05) is 23.3 Å². The first kappa shape index (κ1) is 16.9. The molecule has 3 fully saturated rings. The van der Waals surface area contributed by atoms with Gasteiger partial charge in [-0.1, -0.05) is 31.0 Å². The summed E-state index contributed by atoms with van der Waals surface area (Å²) >= 11 is 0. The number of nitrogens with zero attached hydrogens (tertiary/aromatic N) is 1. The van der Waals surface area contributed by atoms with Crippen LogP contribution in [0.1, 0.15) is 38.2 Å². The van der Waals surface area contributed by atoms with Crippen LogP contribution in [0.3, 0.4) is 0 Å². The second kappa shape index (κ2) is 5.62. The summed E-state index contributed by atoms with van der Waals surface area (Å²) < 4.78 is 0. The summed E-state index contributed by atoms with van der Waals surface area (Å²) in [4.78, 5) is 41.3. The molecule has 1 saturated carbocycles. The molecule has 3 amide bonds. The zero-order chi connectivity index (χ0) is 18.9. The first-order valence-electron chi connectivity index (χ1n) is 9.70. The summed E-state index contributed by atoms with van der Waals surface area (Å²) in [5, 5.41) is 16.4. The Morgan fingerprint density at radius 2 is 1.85 bits per heavy atom. The van der Waals surface area contributed by atoms with Gasteiger partial charge in [-0.25, -0.2) is 0 Å². The molecule has 1 aromatic carbocycles. The number of anilines is 1. The van der Waals surface area contributed by atoms with Crippen molar-refractivity contribution in [2.45, 2.75) is 56.3 Å². The van der Waals surface area contributed by atoms with Gasteiger partial charge < -0.3 is 10.4 Å². The van der Waals surface area contributed by atoms with Crippen LogP contribution in [0.25, 0.3) is 0 Å². The number of fused-ring (bicyclic) bond motifs is 4. The Balaban J connectivity index is 1.66. The normalized spacial score (nSPS) is 36.4. The minimum atomic E-state index is -1.30. The van der Waals surface area contributed by atoms with Crippen molar-refractivity contribution in [3.05, 3.63) is 29.8 Å². The minimum absolute atomic E-state index is 0.0815. The van der Waals surface area contributed by atoms with Crippen molar-refractivity contribution in [3.63, 3.8) is 0 Å². The van der Waals surface area contributed by atoms with Gasteiger partial charge in [0.25, 0.3) is 0 Å². The first-order valence-corrected chi connectivity index (χ1v) is 9.70. The van der Waals surface area contributed by atoms with Crippen molar-refractivity contribution in [2.24, 2.45) is 11.8 Å². The van der Waals surface area contributed by atoms with Crippen LogP contribution < -0.4 is 10.6 Å². The molecule has 3 heterocycles. The maximum absolute atomic E-state index is 13.5. The molecular weight excluding hydrogens is 346 g/mol. The number of rotatable bonds is 2. The smallest absolute Gasteiger partial charge is 0.250 e. The van der Waals surface area contributed by atoms with E-state index in [0.29, 0.717) is 11.3 Å². The Hall–Kier alpha value is -2.25. The highest BCUT2D eigenvalue weighted by molar-refractivity contribution is 6.15. The number of hydrogen-bond donors (Lipinski definition) is 3. The Bertz CT molecular complexity index is 847. The first-order chi connectivity index (χ1) is 13.0. The zero-order valence-electron chi connectivity index (χ0n) is 15.1. The third kappa shape index (κ3) is 2.01. The molecule has 3 N–H and O–H groups in total. The monoisotopic (exact) mass is 369 g/mol. The highest BCUT2D eigenvalue weighted by atomic mass is 16.3. The maximum Gasteiger partial charge on any atom is 0.250 e. The van der Waals surface area contributed by atoms with E-state index in [4.69, 9.17) is 0 Å². The molecule has 5 atom stereocenters. The highest BCUT2D eigenvalue weighted by Crippen LogP contribution is 2.54. The molecule has 4 aliphatic rings. The summed E-state index contributed by atoms with van der Waals surface area (Å²) in [5.74, 6) is -2.40. The summed E-state index contributed by atoms with van der Waals surface area (Å²) in [5.41, 5.74) is 0.0327. The number of aliphatic hydroxyl groups is 1. The fourth-order valence-electron chi connectivity index (χ4n) is 5.65. The van der Waals surface area contributed by atoms with Crippen molar-refractivity contribution in [3.8, 4) is 0 Å². The number of carbonyl (C=O) groups is 3. The maximum atomic E-state index is 13.5. The van der Waals surface area contributed by atoms with Gasteiger partial charge in [0.15, 0.2) is 0 Å². The lowest BCUT2D eigenvalue weighted by atomic mass is 9.76. The van der Waals surface area contributed by atoms with E-state index in [1.807, 2.05) is 18.2 Å². The van der Waals surface area contributed by atoms with E-state index < -0.39 is 29.5 Å². The van der Waals surface area contributed by atoms with Gasteiger partial charge in [-0.05, 0) is 25.8 Å². The lowest BCUT2D eigenvalue weighted by Gasteiger charge is -2.31. The molecule has 142 valence electrons. The second-order valence-corrected chi connectivity index (χ2v) is 8.21. The van der Waals surface area contributed by atoms with Crippen molar-refractivity contribution >= 4 is 23.4 Å². The summed E-state index contributed by atoms with van der Waals surface area (Å²) in [6.45, 7) is 1.60. The van der Waals surface area contributed by atoms with Crippen LogP contribution in [0.2, 0.25) is 0 Å². The van der Waals surface area contributed by atoms with Gasteiger partial charge in [-0.2, -0.15) is 0 Å². The van der Waals surface area contributed by atoms with Gasteiger partial charge in [0.2, 0.25) is 17.7 Å². The molecule has 7 heteroatoms. The minimum Gasteiger partial charge on any atom is -0.392 e. The number of amides is 3. The number of aliphatic hydroxyl groups excluding tert-OH is 1. The van der Waals surface area contributed by atoms with Crippen LogP contribution in [0, 0.1) is 11.8 Å². The number of imide groups is 1. The molecule has 3 aliphatic heterocycles. The Kier molecular flexibility index (Phi) is 3.52. The third-order valence-electron chi connectivity index (χ3n) is 6.80. The quantitative estimate of drug-likeness (QED) is 0.668. The lowest BCUT2D eigenvalue weighted by Crippen LogP contribution is -2.55. The molecular formula is C20H23N3O4. The molecule has 0 radical (unpaired) electrons. The summed E-state index contributed by atoms with van der Waals surface area (Å²) in [6.07, 6.45) is 2.78. The van der Waals surface area contributed by atoms with Crippen molar-refractivity contribution in [2.75, 3.05) is 5.32 Å². The second-order valence-electron chi connectivity index (χ2n) is 8.21. The van der Waals surface area contributed by atoms with Crippen molar-refractivity contribution in [1.82, 2.24) is 10.2 Å². The van der Waals surface area contributed by atoms with Gasteiger partial charge in [0.1, 0.15) is 5.54 Å².